The van der Waals surface area contributed by atoms with E-state index in [0.717, 1.165) is 36.9 Å². The molecule has 1 amide bonds. The van der Waals surface area contributed by atoms with Crippen molar-refractivity contribution in [1.82, 2.24) is 9.99 Å². The van der Waals surface area contributed by atoms with E-state index < -0.39 is 5.91 Å². The van der Waals surface area contributed by atoms with E-state index in [9.17, 15) is 9.59 Å². The zero-order valence-electron chi connectivity index (χ0n) is 11.1. The average Bonchev–Trinajstić information content (AvgIpc) is 2.88. The number of carbonyl (C=O) groups excluding carboxylic acids is 1. The van der Waals surface area contributed by atoms with Crippen LogP contribution in [0.3, 0.4) is 0 Å². The first-order valence-corrected chi connectivity index (χ1v) is 6.44. The van der Waals surface area contributed by atoms with Crippen molar-refractivity contribution in [2.45, 2.75) is 32.2 Å². The number of rotatable bonds is 5. The second kappa shape index (κ2) is 5.99. The molecular formula is C13H19N3O3. The molecule has 3 N–H and O–H groups in total. The smallest absolute Gasteiger partial charge is 0.270 e. The van der Waals surface area contributed by atoms with Gasteiger partial charge in [0.05, 0.1) is 0 Å². The molecule has 1 aromatic rings. The molecular weight excluding hydrogens is 246 g/mol. The van der Waals surface area contributed by atoms with Gasteiger partial charge in [0.1, 0.15) is 5.56 Å². The zero-order chi connectivity index (χ0) is 13.8. The van der Waals surface area contributed by atoms with Crippen molar-refractivity contribution in [2.24, 2.45) is 5.84 Å². The lowest BCUT2D eigenvalue weighted by Gasteiger charge is -2.14. The Kier molecular flexibility index (Phi) is 4.34. The van der Waals surface area contributed by atoms with Gasteiger partial charge in [-0.1, -0.05) is 0 Å². The Bertz CT molecular complexity index is 537. The quantitative estimate of drug-likeness (QED) is 0.339. The number of aromatic nitrogens is 1. The van der Waals surface area contributed by atoms with Gasteiger partial charge in [-0.25, -0.2) is 5.84 Å². The van der Waals surface area contributed by atoms with Crippen LogP contribution in [0.2, 0.25) is 0 Å². The Morgan fingerprint density at radius 1 is 1.53 bits per heavy atom. The summed E-state index contributed by atoms with van der Waals surface area (Å²) in [6.45, 7) is 1.16. The summed E-state index contributed by atoms with van der Waals surface area (Å²) in [4.78, 5) is 24.0. The molecule has 0 bridgehead atoms. The molecule has 0 aliphatic heterocycles. The van der Waals surface area contributed by atoms with Gasteiger partial charge in [0, 0.05) is 26.0 Å². The number of amides is 1. The number of methoxy groups -OCH3 is 1. The summed E-state index contributed by atoms with van der Waals surface area (Å²) < 4.78 is 6.71. The predicted octanol–water partition coefficient (Wildman–Crippen LogP) is -0.0230. The minimum atomic E-state index is -0.528. The number of hydrazine groups is 1. The summed E-state index contributed by atoms with van der Waals surface area (Å²) in [6.07, 6.45) is 3.57. The Morgan fingerprint density at radius 3 is 3.00 bits per heavy atom. The molecule has 0 spiro atoms. The number of carbonyl (C=O) groups is 1. The van der Waals surface area contributed by atoms with Crippen LogP contribution in [0.1, 0.15) is 34.5 Å². The van der Waals surface area contributed by atoms with Crippen LogP contribution in [-0.2, 0) is 24.1 Å². The number of nitrogen functional groups attached to an aromatic ring is 1. The summed E-state index contributed by atoms with van der Waals surface area (Å²) in [7, 11) is 1.63. The maximum absolute atomic E-state index is 12.3. The van der Waals surface area contributed by atoms with Gasteiger partial charge in [-0.3, -0.25) is 15.0 Å². The molecule has 0 aromatic carbocycles. The fourth-order valence-corrected chi connectivity index (χ4v) is 2.56. The SMILES string of the molecule is COCCCn1c2c(cc(C(=O)NN)c1=O)CCC2. The molecule has 6 heteroatoms. The lowest BCUT2D eigenvalue weighted by molar-refractivity contribution is 0.0951. The molecule has 1 aliphatic rings. The highest BCUT2D eigenvalue weighted by Gasteiger charge is 2.21. The van der Waals surface area contributed by atoms with Crippen LogP contribution < -0.4 is 16.8 Å². The van der Waals surface area contributed by atoms with Crippen LogP contribution in [0.15, 0.2) is 10.9 Å². The molecule has 0 unspecified atom stereocenters. The maximum Gasteiger partial charge on any atom is 0.270 e. The van der Waals surface area contributed by atoms with Gasteiger partial charge in [0.25, 0.3) is 11.5 Å². The van der Waals surface area contributed by atoms with E-state index in [1.165, 1.54) is 0 Å². The molecule has 0 atom stereocenters. The number of fused-ring (bicyclic) bond motifs is 1. The lowest BCUT2D eigenvalue weighted by atomic mass is 10.1. The van der Waals surface area contributed by atoms with Crippen molar-refractivity contribution in [3.63, 3.8) is 0 Å². The highest BCUT2D eigenvalue weighted by Crippen LogP contribution is 2.21. The van der Waals surface area contributed by atoms with Gasteiger partial charge < -0.3 is 9.30 Å². The Labute approximate surface area is 111 Å². The molecule has 1 aliphatic carbocycles. The van der Waals surface area contributed by atoms with Gasteiger partial charge in [-0.05, 0) is 37.3 Å². The van der Waals surface area contributed by atoms with Crippen LogP contribution >= 0.6 is 0 Å². The number of ether oxygens (including phenoxy) is 1. The molecule has 0 radical (unpaired) electrons. The van der Waals surface area contributed by atoms with E-state index in [-0.39, 0.29) is 11.1 Å². The van der Waals surface area contributed by atoms with E-state index in [1.54, 1.807) is 17.7 Å². The fraction of sp³-hybridized carbons (Fsp3) is 0.538. The van der Waals surface area contributed by atoms with E-state index in [2.05, 4.69) is 0 Å². The topological polar surface area (TPSA) is 86.3 Å². The Balaban J connectivity index is 2.41. The summed E-state index contributed by atoms with van der Waals surface area (Å²) >= 11 is 0. The number of aryl methyl sites for hydroxylation is 1. The number of nitrogens with one attached hydrogen (secondary N) is 1. The van der Waals surface area contributed by atoms with Crippen LogP contribution in [0.4, 0.5) is 0 Å². The van der Waals surface area contributed by atoms with Crippen molar-refractivity contribution >= 4 is 5.91 Å². The number of hydrogen-bond acceptors (Lipinski definition) is 4. The third-order valence-corrected chi connectivity index (χ3v) is 3.46. The summed E-state index contributed by atoms with van der Waals surface area (Å²) in [6, 6.07) is 1.68. The van der Waals surface area contributed by atoms with E-state index in [0.29, 0.717) is 13.2 Å². The minimum absolute atomic E-state index is 0.126. The van der Waals surface area contributed by atoms with Crippen LogP contribution in [0, 0.1) is 0 Å². The second-order valence-corrected chi connectivity index (χ2v) is 4.66. The first-order chi connectivity index (χ1) is 9.19. The molecule has 0 fully saturated rings. The largest absolute Gasteiger partial charge is 0.385 e. The van der Waals surface area contributed by atoms with Gasteiger partial charge in [-0.2, -0.15) is 0 Å². The zero-order valence-corrected chi connectivity index (χ0v) is 11.1. The second-order valence-electron chi connectivity index (χ2n) is 4.66. The first-order valence-electron chi connectivity index (χ1n) is 6.44. The molecule has 0 saturated heterocycles. The molecule has 19 heavy (non-hydrogen) atoms. The van der Waals surface area contributed by atoms with Crippen molar-refractivity contribution in [1.29, 1.82) is 0 Å². The van der Waals surface area contributed by atoms with Crippen molar-refractivity contribution < 1.29 is 9.53 Å². The van der Waals surface area contributed by atoms with Crippen LogP contribution in [-0.4, -0.2) is 24.2 Å². The van der Waals surface area contributed by atoms with Gasteiger partial charge in [0.15, 0.2) is 0 Å². The molecule has 6 nitrogen and oxygen atoms in total. The third kappa shape index (κ3) is 2.69. The lowest BCUT2D eigenvalue weighted by Crippen LogP contribution is -2.37. The molecule has 1 heterocycles. The standard InChI is InChI=1S/C13H19N3O3/c1-19-7-3-6-16-11-5-2-4-9(11)8-10(13(16)18)12(17)15-14/h8H,2-7,14H2,1H3,(H,15,17). The third-order valence-electron chi connectivity index (χ3n) is 3.46. The molecule has 0 saturated carbocycles. The van der Waals surface area contributed by atoms with Gasteiger partial charge in [0.2, 0.25) is 0 Å². The summed E-state index contributed by atoms with van der Waals surface area (Å²) in [5, 5.41) is 0. The van der Waals surface area contributed by atoms with Gasteiger partial charge >= 0.3 is 0 Å². The Hall–Kier alpha value is -1.66. The first kappa shape index (κ1) is 13.8. The highest BCUT2D eigenvalue weighted by molar-refractivity contribution is 5.93. The number of nitrogens with two attached hydrogens (primary N) is 1. The van der Waals surface area contributed by atoms with Crippen LogP contribution in [0.5, 0.6) is 0 Å². The predicted molar refractivity (Wildman–Crippen MR) is 70.9 cm³/mol. The van der Waals surface area contributed by atoms with Crippen molar-refractivity contribution in [3.05, 3.63) is 33.2 Å². The fourth-order valence-electron chi connectivity index (χ4n) is 2.56. The molecule has 2 rings (SSSR count). The number of pyridine rings is 1. The monoisotopic (exact) mass is 265 g/mol. The van der Waals surface area contributed by atoms with E-state index in [1.807, 2.05) is 5.43 Å². The van der Waals surface area contributed by atoms with E-state index in [4.69, 9.17) is 10.6 Å². The molecule has 104 valence electrons. The maximum atomic E-state index is 12.3. The summed E-state index contributed by atoms with van der Waals surface area (Å²) in [5.41, 5.74) is 4.02. The minimum Gasteiger partial charge on any atom is -0.385 e. The number of hydrogen-bond donors (Lipinski definition) is 2. The highest BCUT2D eigenvalue weighted by atomic mass is 16.5. The molecule has 1 aromatic heterocycles. The van der Waals surface area contributed by atoms with Gasteiger partial charge in [-0.15, -0.1) is 0 Å². The normalized spacial score (nSPS) is 13.4. The number of nitrogens with zero attached hydrogens (tertiary/aromatic N) is 1. The Morgan fingerprint density at radius 2 is 2.32 bits per heavy atom. The summed E-state index contributed by atoms with van der Waals surface area (Å²) in [5.74, 6) is 4.59. The van der Waals surface area contributed by atoms with Crippen molar-refractivity contribution in [3.8, 4) is 0 Å². The van der Waals surface area contributed by atoms with E-state index >= 15 is 0 Å². The van der Waals surface area contributed by atoms with Crippen LogP contribution in [0.25, 0.3) is 0 Å². The average molecular weight is 265 g/mol. The van der Waals surface area contributed by atoms with Crippen molar-refractivity contribution in [2.75, 3.05) is 13.7 Å².